The number of hydrogen-bond acceptors (Lipinski definition) is 3. The fraction of sp³-hybridized carbons (Fsp3) is 0.588. The maximum absolute atomic E-state index is 12.5. The predicted molar refractivity (Wildman–Crippen MR) is 94.5 cm³/mol. The zero-order valence-electron chi connectivity index (χ0n) is 14.6. The lowest BCUT2D eigenvalue weighted by molar-refractivity contribution is -0.126. The van der Waals surface area contributed by atoms with Gasteiger partial charge in [0.15, 0.2) is 0 Å². The molecular weight excluding hydrogens is 326 g/mol. The summed E-state index contributed by atoms with van der Waals surface area (Å²) < 4.78 is 26.9. The molecule has 1 unspecified atom stereocenters. The highest BCUT2D eigenvalue weighted by Gasteiger charge is 2.32. The second-order valence-electron chi connectivity index (χ2n) is 6.34. The lowest BCUT2D eigenvalue weighted by Gasteiger charge is -2.32. The van der Waals surface area contributed by atoms with E-state index in [2.05, 4.69) is 5.32 Å². The van der Waals surface area contributed by atoms with E-state index in [0.29, 0.717) is 25.9 Å². The standard InChI is InChI=1S/C17H27N3O3S/c1-4-16(14-8-6-5-7-9-14)18-17(21)15-10-12-20(13-11-15)24(22,23)19(2)3/h5-9,15-16H,4,10-13H2,1-3H3,(H,18,21). The van der Waals surface area contributed by atoms with Gasteiger partial charge in [0.1, 0.15) is 0 Å². The van der Waals surface area contributed by atoms with Crippen molar-refractivity contribution in [2.24, 2.45) is 5.92 Å². The maximum atomic E-state index is 12.5. The number of rotatable bonds is 6. The quantitative estimate of drug-likeness (QED) is 0.847. The normalized spacial score (nSPS) is 18.5. The van der Waals surface area contributed by atoms with Gasteiger partial charge in [-0.05, 0) is 24.8 Å². The summed E-state index contributed by atoms with van der Waals surface area (Å²) in [6.45, 7) is 2.83. The number of hydrogen-bond donors (Lipinski definition) is 1. The van der Waals surface area contributed by atoms with Crippen molar-refractivity contribution in [1.29, 1.82) is 0 Å². The Morgan fingerprint density at radius 1 is 1.25 bits per heavy atom. The molecule has 0 spiro atoms. The zero-order chi connectivity index (χ0) is 17.7. The van der Waals surface area contributed by atoms with Crippen molar-refractivity contribution in [3.63, 3.8) is 0 Å². The fourth-order valence-corrected chi connectivity index (χ4v) is 4.11. The van der Waals surface area contributed by atoms with Crippen molar-refractivity contribution in [2.45, 2.75) is 32.2 Å². The third kappa shape index (κ3) is 4.34. The first-order chi connectivity index (χ1) is 11.4. The van der Waals surface area contributed by atoms with E-state index in [1.165, 1.54) is 22.7 Å². The highest BCUT2D eigenvalue weighted by molar-refractivity contribution is 7.86. The van der Waals surface area contributed by atoms with Gasteiger partial charge in [0.05, 0.1) is 6.04 Å². The number of amides is 1. The fourth-order valence-electron chi connectivity index (χ4n) is 2.98. The van der Waals surface area contributed by atoms with Crippen molar-refractivity contribution in [2.75, 3.05) is 27.2 Å². The molecule has 0 aromatic heterocycles. The van der Waals surface area contributed by atoms with Gasteiger partial charge >= 0.3 is 0 Å². The largest absolute Gasteiger partial charge is 0.349 e. The molecular formula is C17H27N3O3S. The van der Waals surface area contributed by atoms with E-state index in [0.717, 1.165) is 12.0 Å². The van der Waals surface area contributed by atoms with Crippen molar-refractivity contribution < 1.29 is 13.2 Å². The molecule has 134 valence electrons. The Hall–Kier alpha value is -1.44. The Labute approximate surface area is 145 Å². The third-order valence-corrected chi connectivity index (χ3v) is 6.48. The molecule has 6 nitrogen and oxygen atoms in total. The summed E-state index contributed by atoms with van der Waals surface area (Å²) in [5.74, 6) is -0.107. The van der Waals surface area contributed by atoms with Crippen LogP contribution in [0, 0.1) is 5.92 Å². The van der Waals surface area contributed by atoms with Gasteiger partial charge in [0, 0.05) is 33.1 Å². The number of nitrogens with zero attached hydrogens (tertiary/aromatic N) is 2. The maximum Gasteiger partial charge on any atom is 0.281 e. The molecule has 1 N–H and O–H groups in total. The van der Waals surface area contributed by atoms with Crippen LogP contribution in [0.2, 0.25) is 0 Å². The van der Waals surface area contributed by atoms with Crippen LogP contribution in [0.1, 0.15) is 37.8 Å². The molecule has 24 heavy (non-hydrogen) atoms. The molecule has 2 rings (SSSR count). The predicted octanol–water partition coefficient (Wildman–Crippen LogP) is 1.77. The summed E-state index contributed by atoms with van der Waals surface area (Å²) >= 11 is 0. The molecule has 1 heterocycles. The Morgan fingerprint density at radius 3 is 2.33 bits per heavy atom. The number of carbonyl (C=O) groups is 1. The van der Waals surface area contributed by atoms with E-state index >= 15 is 0 Å². The van der Waals surface area contributed by atoms with E-state index in [9.17, 15) is 13.2 Å². The average molecular weight is 353 g/mol. The first-order valence-corrected chi connectivity index (χ1v) is 9.79. The number of nitrogens with one attached hydrogen (secondary N) is 1. The Balaban J connectivity index is 1.93. The summed E-state index contributed by atoms with van der Waals surface area (Å²) in [6.07, 6.45) is 1.94. The van der Waals surface area contributed by atoms with Gasteiger partial charge in [-0.1, -0.05) is 37.3 Å². The number of piperidine rings is 1. The molecule has 0 aliphatic carbocycles. The summed E-state index contributed by atoms with van der Waals surface area (Å²) in [5, 5.41) is 3.11. The first kappa shape index (κ1) is 18.9. The monoisotopic (exact) mass is 353 g/mol. The summed E-state index contributed by atoms with van der Waals surface area (Å²) in [7, 11) is -0.330. The van der Waals surface area contributed by atoms with Gasteiger partial charge in [-0.25, -0.2) is 0 Å². The van der Waals surface area contributed by atoms with Gasteiger partial charge in [0.25, 0.3) is 10.2 Å². The first-order valence-electron chi connectivity index (χ1n) is 8.39. The minimum Gasteiger partial charge on any atom is -0.349 e. The van der Waals surface area contributed by atoms with E-state index in [-0.39, 0.29) is 17.9 Å². The molecule has 1 aliphatic heterocycles. The van der Waals surface area contributed by atoms with Crippen molar-refractivity contribution in [3.8, 4) is 0 Å². The van der Waals surface area contributed by atoms with Gasteiger partial charge in [-0.15, -0.1) is 0 Å². The smallest absolute Gasteiger partial charge is 0.281 e. The Bertz CT molecular complexity index is 638. The molecule has 1 aromatic carbocycles. The molecule has 1 fully saturated rings. The molecule has 1 saturated heterocycles. The van der Waals surface area contributed by atoms with Gasteiger partial charge in [-0.2, -0.15) is 17.0 Å². The van der Waals surface area contributed by atoms with Crippen LogP contribution in [-0.2, 0) is 15.0 Å². The zero-order valence-corrected chi connectivity index (χ0v) is 15.4. The highest BCUT2D eigenvalue weighted by Crippen LogP contribution is 2.23. The van der Waals surface area contributed by atoms with Crippen LogP contribution >= 0.6 is 0 Å². The molecule has 1 atom stereocenters. The average Bonchev–Trinajstić information content (AvgIpc) is 2.60. The molecule has 1 aromatic rings. The van der Waals surface area contributed by atoms with E-state index < -0.39 is 10.2 Å². The van der Waals surface area contributed by atoms with Gasteiger partial charge in [0.2, 0.25) is 5.91 Å². The van der Waals surface area contributed by atoms with Crippen LogP contribution in [0.15, 0.2) is 30.3 Å². The molecule has 0 radical (unpaired) electrons. The van der Waals surface area contributed by atoms with Crippen LogP contribution in [0.25, 0.3) is 0 Å². The second-order valence-corrected chi connectivity index (χ2v) is 8.49. The van der Waals surface area contributed by atoms with E-state index in [4.69, 9.17) is 0 Å². The van der Waals surface area contributed by atoms with Crippen LogP contribution in [0.5, 0.6) is 0 Å². The molecule has 7 heteroatoms. The highest BCUT2D eigenvalue weighted by atomic mass is 32.2. The Kier molecular flexibility index (Phi) is 6.37. The Morgan fingerprint density at radius 2 is 1.83 bits per heavy atom. The van der Waals surface area contributed by atoms with Crippen LogP contribution < -0.4 is 5.32 Å². The molecule has 0 bridgehead atoms. The number of benzene rings is 1. The minimum atomic E-state index is -3.38. The topological polar surface area (TPSA) is 69.7 Å². The summed E-state index contributed by atoms with van der Waals surface area (Å²) in [6, 6.07) is 9.92. The van der Waals surface area contributed by atoms with Gasteiger partial charge < -0.3 is 5.32 Å². The lowest BCUT2D eigenvalue weighted by atomic mass is 9.96. The van der Waals surface area contributed by atoms with Crippen molar-refractivity contribution in [1.82, 2.24) is 13.9 Å². The third-order valence-electron chi connectivity index (χ3n) is 4.54. The second kappa shape index (κ2) is 8.09. The summed E-state index contributed by atoms with van der Waals surface area (Å²) in [5.41, 5.74) is 1.10. The van der Waals surface area contributed by atoms with Crippen molar-refractivity contribution >= 4 is 16.1 Å². The SMILES string of the molecule is CCC(NC(=O)C1CCN(S(=O)(=O)N(C)C)CC1)c1ccccc1. The van der Waals surface area contributed by atoms with Crippen molar-refractivity contribution in [3.05, 3.63) is 35.9 Å². The van der Waals surface area contributed by atoms with E-state index in [1.807, 2.05) is 37.3 Å². The lowest BCUT2D eigenvalue weighted by Crippen LogP contribution is -2.47. The van der Waals surface area contributed by atoms with Crippen LogP contribution in [0.3, 0.4) is 0 Å². The molecule has 1 aliphatic rings. The van der Waals surface area contributed by atoms with Crippen LogP contribution in [0.4, 0.5) is 0 Å². The number of carbonyl (C=O) groups excluding carboxylic acids is 1. The summed E-state index contributed by atoms with van der Waals surface area (Å²) in [4.78, 5) is 12.5. The molecule has 0 saturated carbocycles. The molecule has 1 amide bonds. The van der Waals surface area contributed by atoms with Crippen LogP contribution in [-0.4, -0.2) is 50.1 Å². The van der Waals surface area contributed by atoms with E-state index in [1.54, 1.807) is 0 Å². The minimum absolute atomic E-state index is 0.00207. The van der Waals surface area contributed by atoms with Gasteiger partial charge in [-0.3, -0.25) is 4.79 Å².